The molecule has 4 nitrogen and oxygen atoms in total. The second-order valence-electron chi connectivity index (χ2n) is 2.97. The third-order valence-corrected chi connectivity index (χ3v) is 1.67. The van der Waals surface area contributed by atoms with Gasteiger partial charge >= 0.3 is 24.9 Å². The molecular formula is C10H13LiN2O2. The van der Waals surface area contributed by atoms with Gasteiger partial charge in [-0.05, 0) is 0 Å². The number of rotatable bonds is 2. The first-order valence-electron chi connectivity index (χ1n) is 4.17. The van der Waals surface area contributed by atoms with Crippen molar-refractivity contribution in [1.82, 2.24) is 4.90 Å². The van der Waals surface area contributed by atoms with Crippen LogP contribution in [0.2, 0.25) is 0 Å². The molecular weight excluding hydrogens is 187 g/mol. The van der Waals surface area contributed by atoms with Crippen molar-refractivity contribution in [2.45, 2.75) is 0 Å². The van der Waals surface area contributed by atoms with Gasteiger partial charge in [-0.3, -0.25) is 0 Å². The number of benzene rings is 1. The van der Waals surface area contributed by atoms with Gasteiger partial charge in [0.05, 0.1) is 7.11 Å². The number of amides is 2. The maximum Gasteiger partial charge on any atom is 1.00 e. The molecule has 1 aromatic carbocycles. The van der Waals surface area contributed by atoms with Gasteiger partial charge in [-0.2, -0.15) is 6.07 Å². The Morgan fingerprint density at radius 2 is 2.13 bits per heavy atom. The van der Waals surface area contributed by atoms with Crippen LogP contribution in [0, 0.1) is 6.07 Å². The number of hydrogen-bond donors (Lipinski definition) is 1. The van der Waals surface area contributed by atoms with Gasteiger partial charge in [-0.25, -0.2) is 4.79 Å². The summed E-state index contributed by atoms with van der Waals surface area (Å²) >= 11 is 0. The topological polar surface area (TPSA) is 41.6 Å². The molecule has 0 saturated heterocycles. The number of urea groups is 1. The van der Waals surface area contributed by atoms with E-state index in [1.807, 2.05) is 0 Å². The molecule has 76 valence electrons. The maximum absolute atomic E-state index is 11.2. The minimum atomic E-state index is -0.175. The molecule has 1 N–H and O–H groups in total. The van der Waals surface area contributed by atoms with Crippen LogP contribution in [0.15, 0.2) is 18.2 Å². The van der Waals surface area contributed by atoms with Crippen LogP contribution in [0.1, 0.15) is 0 Å². The molecule has 0 unspecified atom stereocenters. The van der Waals surface area contributed by atoms with E-state index in [4.69, 9.17) is 4.74 Å². The number of nitrogens with zero attached hydrogens (tertiary/aromatic N) is 1. The van der Waals surface area contributed by atoms with Crippen molar-refractivity contribution in [3.8, 4) is 5.75 Å². The first kappa shape index (κ1) is 13.9. The Balaban J connectivity index is 0.00000196. The summed E-state index contributed by atoms with van der Waals surface area (Å²) in [5, 5.41) is 2.67. The average molecular weight is 200 g/mol. The van der Waals surface area contributed by atoms with E-state index in [-0.39, 0.29) is 24.9 Å². The summed E-state index contributed by atoms with van der Waals surface area (Å²) < 4.78 is 4.97. The molecule has 0 saturated carbocycles. The molecule has 0 spiro atoms. The molecule has 5 heteroatoms. The first-order valence-corrected chi connectivity index (χ1v) is 4.17. The molecule has 0 aliphatic rings. The Kier molecular flexibility index (Phi) is 5.91. The van der Waals surface area contributed by atoms with Gasteiger partial charge < -0.3 is 15.0 Å². The van der Waals surface area contributed by atoms with E-state index >= 15 is 0 Å². The Bertz CT molecular complexity index is 312. The predicted octanol–water partition coefficient (Wildman–Crippen LogP) is -1.41. The summed E-state index contributed by atoms with van der Waals surface area (Å²) in [5.74, 6) is 0.716. The third-order valence-electron chi connectivity index (χ3n) is 1.67. The van der Waals surface area contributed by atoms with Crippen LogP contribution in [-0.2, 0) is 0 Å². The third kappa shape index (κ3) is 4.28. The summed E-state index contributed by atoms with van der Waals surface area (Å²) in [4.78, 5) is 12.7. The molecule has 0 aliphatic carbocycles. The van der Waals surface area contributed by atoms with Crippen molar-refractivity contribution < 1.29 is 28.4 Å². The molecule has 0 heterocycles. The summed E-state index contributed by atoms with van der Waals surface area (Å²) in [5.41, 5.74) is 0.629. The van der Waals surface area contributed by atoms with Gasteiger partial charge in [-0.15, -0.1) is 18.2 Å². The minimum Gasteiger partial charge on any atom is -0.554 e. The Morgan fingerprint density at radius 1 is 1.47 bits per heavy atom. The van der Waals surface area contributed by atoms with Gasteiger partial charge in [0, 0.05) is 19.8 Å². The number of carbonyl (C=O) groups is 1. The Labute approximate surface area is 102 Å². The number of ether oxygens (including phenoxy) is 1. The average Bonchev–Trinajstić information content (AvgIpc) is 2.19. The molecule has 0 radical (unpaired) electrons. The van der Waals surface area contributed by atoms with Crippen molar-refractivity contribution >= 4 is 11.7 Å². The second-order valence-corrected chi connectivity index (χ2v) is 2.97. The normalized spacial score (nSPS) is 8.73. The summed E-state index contributed by atoms with van der Waals surface area (Å²) in [6, 6.07) is 7.89. The van der Waals surface area contributed by atoms with E-state index in [0.717, 1.165) is 0 Å². The summed E-state index contributed by atoms with van der Waals surface area (Å²) in [6.07, 6.45) is 0. The van der Waals surface area contributed by atoms with Crippen molar-refractivity contribution in [2.24, 2.45) is 0 Å². The molecule has 1 rings (SSSR count). The summed E-state index contributed by atoms with van der Waals surface area (Å²) in [7, 11) is 4.94. The first-order chi connectivity index (χ1) is 6.63. The SMILES string of the molecule is COc1c[c-]c(NC(=O)N(C)C)cc1.[Li+]. The molecule has 0 fully saturated rings. The molecule has 1 aromatic rings. The van der Waals surface area contributed by atoms with E-state index in [2.05, 4.69) is 11.4 Å². The molecule has 2 amide bonds. The van der Waals surface area contributed by atoms with Crippen molar-refractivity contribution in [3.63, 3.8) is 0 Å². The van der Waals surface area contributed by atoms with Gasteiger partial charge in [-0.1, -0.05) is 5.69 Å². The fourth-order valence-corrected chi connectivity index (χ4v) is 0.842. The van der Waals surface area contributed by atoms with Gasteiger partial charge in [0.2, 0.25) is 0 Å². The van der Waals surface area contributed by atoms with Crippen LogP contribution < -0.4 is 28.9 Å². The number of methoxy groups -OCH3 is 1. The largest absolute Gasteiger partial charge is 1.00 e. The van der Waals surface area contributed by atoms with E-state index in [1.54, 1.807) is 39.4 Å². The minimum absolute atomic E-state index is 0. The zero-order valence-electron chi connectivity index (χ0n) is 9.50. The van der Waals surface area contributed by atoms with Crippen molar-refractivity contribution in [1.29, 1.82) is 0 Å². The van der Waals surface area contributed by atoms with Crippen LogP contribution >= 0.6 is 0 Å². The molecule has 0 bridgehead atoms. The Hall–Kier alpha value is -1.11. The molecule has 0 aliphatic heterocycles. The second kappa shape index (κ2) is 6.39. The monoisotopic (exact) mass is 200 g/mol. The van der Waals surface area contributed by atoms with Crippen molar-refractivity contribution in [2.75, 3.05) is 26.5 Å². The maximum atomic E-state index is 11.2. The molecule has 0 atom stereocenters. The fourth-order valence-electron chi connectivity index (χ4n) is 0.842. The smallest absolute Gasteiger partial charge is 0.554 e. The standard InChI is InChI=1S/C10H13N2O2.Li/c1-12(2)10(13)11-8-4-6-9(14-3)7-5-8;/h4,6-7H,1-3H3,(H,11,13);/q-1;+1. The van der Waals surface area contributed by atoms with Crippen LogP contribution in [0.3, 0.4) is 0 Å². The van der Waals surface area contributed by atoms with E-state index in [0.29, 0.717) is 11.4 Å². The number of nitrogens with one attached hydrogen (secondary N) is 1. The van der Waals surface area contributed by atoms with Crippen LogP contribution in [0.25, 0.3) is 0 Å². The zero-order chi connectivity index (χ0) is 10.6. The van der Waals surface area contributed by atoms with Gasteiger partial charge in [0.25, 0.3) is 0 Å². The van der Waals surface area contributed by atoms with Gasteiger partial charge in [0.15, 0.2) is 0 Å². The van der Waals surface area contributed by atoms with Crippen molar-refractivity contribution in [3.05, 3.63) is 24.3 Å². The number of anilines is 1. The van der Waals surface area contributed by atoms with Crippen LogP contribution in [0.5, 0.6) is 5.75 Å². The number of carbonyl (C=O) groups excluding carboxylic acids is 1. The van der Waals surface area contributed by atoms with Crippen LogP contribution in [-0.4, -0.2) is 32.1 Å². The quantitative estimate of drug-likeness (QED) is 0.471. The zero-order valence-corrected chi connectivity index (χ0v) is 9.50. The Morgan fingerprint density at radius 3 is 2.53 bits per heavy atom. The van der Waals surface area contributed by atoms with Crippen LogP contribution in [0.4, 0.5) is 10.5 Å². The van der Waals surface area contributed by atoms with E-state index in [1.165, 1.54) is 4.90 Å². The molecule has 15 heavy (non-hydrogen) atoms. The molecule has 0 aromatic heterocycles. The fraction of sp³-hybridized carbons (Fsp3) is 0.300. The van der Waals surface area contributed by atoms with E-state index < -0.39 is 0 Å². The number of hydrogen-bond acceptors (Lipinski definition) is 2. The summed E-state index contributed by atoms with van der Waals surface area (Å²) in [6.45, 7) is 0. The van der Waals surface area contributed by atoms with Gasteiger partial charge in [0.1, 0.15) is 0 Å². The predicted molar refractivity (Wildman–Crippen MR) is 54.5 cm³/mol. The van der Waals surface area contributed by atoms with E-state index in [9.17, 15) is 4.79 Å².